The minimum absolute atomic E-state index is 0.138. The Hall–Kier alpha value is -1.25. The van der Waals surface area contributed by atoms with E-state index in [-0.39, 0.29) is 5.56 Å². The molecule has 0 spiro atoms. The molecule has 0 radical (unpaired) electrons. The van der Waals surface area contributed by atoms with Crippen LogP contribution >= 0.6 is 45.8 Å². The fraction of sp³-hybridized carbons (Fsp3) is 0.294. The molecule has 0 saturated carbocycles. The average molecular weight is 491 g/mol. The second-order valence-corrected chi connectivity index (χ2v) is 7.58. The van der Waals surface area contributed by atoms with Gasteiger partial charge in [0, 0.05) is 19.2 Å². The topological polar surface area (TPSA) is 62.7 Å². The van der Waals surface area contributed by atoms with Crippen LogP contribution in [0.5, 0.6) is 0 Å². The van der Waals surface area contributed by atoms with Crippen molar-refractivity contribution in [3.8, 4) is 0 Å². The molecule has 8 heteroatoms. The van der Waals surface area contributed by atoms with E-state index in [0.717, 1.165) is 29.4 Å². The van der Waals surface area contributed by atoms with Crippen LogP contribution in [0.4, 0.5) is 5.82 Å². The Balaban J connectivity index is 1.76. The van der Waals surface area contributed by atoms with Gasteiger partial charge in [0.15, 0.2) is 0 Å². The van der Waals surface area contributed by atoms with Crippen LogP contribution in [-0.2, 0) is 13.1 Å². The number of pyridine rings is 1. The zero-order valence-corrected chi connectivity index (χ0v) is 17.0. The molecule has 0 atom stereocenters. The third-order valence-corrected chi connectivity index (χ3v) is 5.36. The standard InChI is InChI=1S/C17H17Cl2IN4O/c18-12-4-3-11(7-13(12)19)9-21-15-8-14-16(17(25)23-15)24(10-22-14)6-2-1-5-20/h3-4,7-8,10H,1-2,5-6,9H2,(H2,21,23,25). The van der Waals surface area contributed by atoms with E-state index in [2.05, 4.69) is 37.9 Å². The number of hydrogen-bond acceptors (Lipinski definition) is 3. The van der Waals surface area contributed by atoms with Gasteiger partial charge in [0.1, 0.15) is 11.3 Å². The highest BCUT2D eigenvalue weighted by Crippen LogP contribution is 2.23. The number of aromatic amines is 1. The maximum absolute atomic E-state index is 12.4. The number of unbranched alkanes of at least 4 members (excludes halogenated alkanes) is 1. The van der Waals surface area contributed by atoms with Gasteiger partial charge in [-0.05, 0) is 35.0 Å². The van der Waals surface area contributed by atoms with Crippen LogP contribution in [0.2, 0.25) is 10.0 Å². The molecule has 3 rings (SSSR count). The van der Waals surface area contributed by atoms with Crippen molar-refractivity contribution in [2.24, 2.45) is 0 Å². The van der Waals surface area contributed by atoms with Crippen molar-refractivity contribution in [3.05, 3.63) is 56.6 Å². The van der Waals surface area contributed by atoms with Gasteiger partial charge >= 0.3 is 0 Å². The van der Waals surface area contributed by atoms with E-state index in [1.165, 1.54) is 0 Å². The van der Waals surface area contributed by atoms with Gasteiger partial charge < -0.3 is 14.9 Å². The summed E-state index contributed by atoms with van der Waals surface area (Å²) in [6, 6.07) is 7.29. The molecular weight excluding hydrogens is 474 g/mol. The summed E-state index contributed by atoms with van der Waals surface area (Å²) in [7, 11) is 0. The molecule has 0 unspecified atom stereocenters. The summed E-state index contributed by atoms with van der Waals surface area (Å²) in [5.74, 6) is 0.626. The molecule has 2 N–H and O–H groups in total. The number of aryl methyl sites for hydroxylation is 1. The molecule has 0 fully saturated rings. The molecule has 132 valence electrons. The van der Waals surface area contributed by atoms with E-state index in [9.17, 15) is 4.79 Å². The average Bonchev–Trinajstić information content (AvgIpc) is 3.00. The lowest BCUT2D eigenvalue weighted by molar-refractivity contribution is 0.650. The number of fused-ring (bicyclic) bond motifs is 1. The van der Waals surface area contributed by atoms with Crippen molar-refractivity contribution in [2.75, 3.05) is 9.74 Å². The Morgan fingerprint density at radius 2 is 2.04 bits per heavy atom. The van der Waals surface area contributed by atoms with Crippen molar-refractivity contribution >= 4 is 62.6 Å². The first-order valence-electron chi connectivity index (χ1n) is 7.90. The van der Waals surface area contributed by atoms with Crippen molar-refractivity contribution in [1.29, 1.82) is 0 Å². The number of alkyl halides is 1. The highest BCUT2D eigenvalue weighted by molar-refractivity contribution is 14.1. The number of aromatic nitrogens is 3. The molecule has 2 aromatic heterocycles. The molecule has 0 aliphatic heterocycles. The number of H-pyrrole nitrogens is 1. The summed E-state index contributed by atoms with van der Waals surface area (Å²) >= 11 is 14.3. The Morgan fingerprint density at radius 3 is 2.80 bits per heavy atom. The predicted molar refractivity (Wildman–Crippen MR) is 112 cm³/mol. The van der Waals surface area contributed by atoms with Crippen molar-refractivity contribution in [3.63, 3.8) is 0 Å². The van der Waals surface area contributed by atoms with E-state index in [1.54, 1.807) is 18.5 Å². The molecule has 0 saturated heterocycles. The first kappa shape index (κ1) is 18.5. The molecule has 1 aromatic carbocycles. The van der Waals surface area contributed by atoms with Crippen LogP contribution in [0.15, 0.2) is 35.4 Å². The lowest BCUT2D eigenvalue weighted by atomic mass is 10.2. The summed E-state index contributed by atoms with van der Waals surface area (Å²) < 4.78 is 3.03. The van der Waals surface area contributed by atoms with Gasteiger partial charge in [0.05, 0.1) is 21.9 Å². The lowest BCUT2D eigenvalue weighted by Gasteiger charge is -2.08. The van der Waals surface area contributed by atoms with Gasteiger partial charge in [-0.2, -0.15) is 0 Å². The van der Waals surface area contributed by atoms with Crippen LogP contribution in [0.3, 0.4) is 0 Å². The number of nitrogens with one attached hydrogen (secondary N) is 2. The van der Waals surface area contributed by atoms with E-state index in [0.29, 0.717) is 33.4 Å². The van der Waals surface area contributed by atoms with Crippen LogP contribution < -0.4 is 10.9 Å². The first-order chi connectivity index (χ1) is 12.1. The van der Waals surface area contributed by atoms with E-state index < -0.39 is 0 Å². The molecule has 2 heterocycles. The third-order valence-electron chi connectivity index (χ3n) is 3.86. The number of halogens is 3. The second kappa shape index (κ2) is 8.42. The normalized spacial score (nSPS) is 11.2. The highest BCUT2D eigenvalue weighted by Gasteiger charge is 2.09. The maximum atomic E-state index is 12.4. The molecule has 25 heavy (non-hydrogen) atoms. The van der Waals surface area contributed by atoms with Crippen LogP contribution in [0.25, 0.3) is 11.0 Å². The summed E-state index contributed by atoms with van der Waals surface area (Å²) in [6.45, 7) is 1.33. The van der Waals surface area contributed by atoms with E-state index >= 15 is 0 Å². The minimum Gasteiger partial charge on any atom is -0.367 e. The van der Waals surface area contributed by atoms with E-state index in [1.807, 2.05) is 16.7 Å². The fourth-order valence-corrected chi connectivity index (χ4v) is 3.45. The first-order valence-corrected chi connectivity index (χ1v) is 10.2. The summed E-state index contributed by atoms with van der Waals surface area (Å²) in [4.78, 5) is 19.7. The summed E-state index contributed by atoms with van der Waals surface area (Å²) in [5.41, 5.74) is 2.14. The number of anilines is 1. The zero-order chi connectivity index (χ0) is 17.8. The molecule has 0 aliphatic rings. The Labute approximate surface area is 168 Å². The van der Waals surface area contributed by atoms with Gasteiger partial charge in [0.2, 0.25) is 0 Å². The van der Waals surface area contributed by atoms with Crippen LogP contribution in [-0.4, -0.2) is 19.0 Å². The van der Waals surface area contributed by atoms with Gasteiger partial charge in [-0.3, -0.25) is 4.79 Å². The van der Waals surface area contributed by atoms with Gasteiger partial charge in [-0.25, -0.2) is 4.98 Å². The Bertz CT molecular complexity index is 938. The smallest absolute Gasteiger partial charge is 0.275 e. The second-order valence-electron chi connectivity index (χ2n) is 5.68. The van der Waals surface area contributed by atoms with E-state index in [4.69, 9.17) is 23.2 Å². The molecule has 0 bridgehead atoms. The summed E-state index contributed by atoms with van der Waals surface area (Å²) in [6.07, 6.45) is 3.89. The number of hydrogen-bond donors (Lipinski definition) is 2. The van der Waals surface area contributed by atoms with Gasteiger partial charge in [-0.1, -0.05) is 51.9 Å². The van der Waals surface area contributed by atoms with Crippen LogP contribution in [0, 0.1) is 0 Å². The quantitative estimate of drug-likeness (QED) is 0.282. The molecular formula is C17H17Cl2IN4O. The molecule has 3 aromatic rings. The number of benzene rings is 1. The largest absolute Gasteiger partial charge is 0.367 e. The Kier molecular flexibility index (Phi) is 6.24. The number of imidazole rings is 1. The molecule has 0 amide bonds. The number of rotatable bonds is 7. The van der Waals surface area contributed by atoms with Crippen molar-refractivity contribution < 1.29 is 0 Å². The fourth-order valence-electron chi connectivity index (χ4n) is 2.59. The van der Waals surface area contributed by atoms with Gasteiger partial charge in [0.25, 0.3) is 5.56 Å². The lowest BCUT2D eigenvalue weighted by Crippen LogP contribution is -2.14. The SMILES string of the molecule is O=c1[nH]c(NCc2ccc(Cl)c(Cl)c2)cc2ncn(CCCCI)c12. The van der Waals surface area contributed by atoms with Crippen LogP contribution in [0.1, 0.15) is 18.4 Å². The Morgan fingerprint density at radius 1 is 1.20 bits per heavy atom. The zero-order valence-electron chi connectivity index (χ0n) is 13.4. The monoisotopic (exact) mass is 490 g/mol. The highest BCUT2D eigenvalue weighted by atomic mass is 127. The maximum Gasteiger partial charge on any atom is 0.275 e. The molecule has 5 nitrogen and oxygen atoms in total. The third kappa shape index (κ3) is 4.48. The molecule has 0 aliphatic carbocycles. The van der Waals surface area contributed by atoms with Crippen molar-refractivity contribution in [1.82, 2.24) is 14.5 Å². The summed E-state index contributed by atoms with van der Waals surface area (Å²) in [5, 5.41) is 4.23. The number of nitrogens with zero attached hydrogens (tertiary/aromatic N) is 2. The predicted octanol–water partition coefficient (Wildman–Crippen LogP) is 4.86. The minimum atomic E-state index is -0.138. The van der Waals surface area contributed by atoms with Crippen molar-refractivity contribution in [2.45, 2.75) is 25.9 Å². The van der Waals surface area contributed by atoms with Gasteiger partial charge in [-0.15, -0.1) is 0 Å².